The molecule has 0 bridgehead atoms. The topological polar surface area (TPSA) is 77.3 Å². The van der Waals surface area contributed by atoms with Crippen molar-refractivity contribution in [1.82, 2.24) is 0 Å². The number of hydrogen-bond donors (Lipinski definition) is 0. The van der Waals surface area contributed by atoms with E-state index in [4.69, 9.17) is 9.47 Å². The van der Waals surface area contributed by atoms with E-state index in [9.17, 15) is 9.59 Å². The summed E-state index contributed by atoms with van der Waals surface area (Å²) in [6.07, 6.45) is 3.51. The molecule has 3 rings (SSSR count). The minimum atomic E-state index is -0.347. The van der Waals surface area contributed by atoms with Gasteiger partial charge in [-0.3, -0.25) is 9.98 Å². The van der Waals surface area contributed by atoms with E-state index in [0.29, 0.717) is 24.3 Å². The van der Waals surface area contributed by atoms with Crippen LogP contribution in [0.2, 0.25) is 0 Å². The highest BCUT2D eigenvalue weighted by molar-refractivity contribution is 5.96. The molecule has 0 amide bonds. The van der Waals surface area contributed by atoms with E-state index in [0.717, 1.165) is 22.5 Å². The third-order valence-electron chi connectivity index (χ3n) is 4.46. The monoisotopic (exact) mass is 428 g/mol. The first-order valence-corrected chi connectivity index (χ1v) is 10.3. The van der Waals surface area contributed by atoms with Gasteiger partial charge in [-0.05, 0) is 62.4 Å². The Hall–Kier alpha value is -4.06. The van der Waals surface area contributed by atoms with Crippen LogP contribution >= 0.6 is 0 Å². The van der Waals surface area contributed by atoms with Gasteiger partial charge in [0.1, 0.15) is 0 Å². The number of carbonyl (C=O) groups is 2. The molecule has 3 aromatic rings. The normalized spacial score (nSPS) is 11.1. The van der Waals surface area contributed by atoms with Crippen LogP contribution in [0, 0.1) is 0 Å². The number of carbonyl (C=O) groups excluding carboxylic acids is 2. The van der Waals surface area contributed by atoms with Crippen molar-refractivity contribution in [1.29, 1.82) is 0 Å². The van der Waals surface area contributed by atoms with Crippen LogP contribution in [0.5, 0.6) is 0 Å². The van der Waals surface area contributed by atoms with Crippen molar-refractivity contribution in [2.45, 2.75) is 13.8 Å². The largest absolute Gasteiger partial charge is 0.462 e. The smallest absolute Gasteiger partial charge is 0.338 e. The SMILES string of the molecule is CCOC(=O)c1ccc(N=Cc2ccccc2C=Nc2ccc(C(=O)OCC)cc2)cc1. The fourth-order valence-corrected chi connectivity index (χ4v) is 2.83. The molecule has 0 saturated carbocycles. The molecule has 0 aliphatic carbocycles. The summed E-state index contributed by atoms with van der Waals surface area (Å²) in [6, 6.07) is 21.6. The summed E-state index contributed by atoms with van der Waals surface area (Å²) >= 11 is 0. The number of ether oxygens (including phenoxy) is 2. The van der Waals surface area contributed by atoms with Gasteiger partial charge in [-0.2, -0.15) is 0 Å². The molecule has 32 heavy (non-hydrogen) atoms. The number of hydrogen-bond acceptors (Lipinski definition) is 6. The van der Waals surface area contributed by atoms with Crippen LogP contribution in [0.1, 0.15) is 45.7 Å². The lowest BCUT2D eigenvalue weighted by Gasteiger charge is -2.03. The maximum atomic E-state index is 11.8. The van der Waals surface area contributed by atoms with Crippen LogP contribution in [0.4, 0.5) is 11.4 Å². The first-order valence-electron chi connectivity index (χ1n) is 10.3. The van der Waals surface area contributed by atoms with E-state index in [2.05, 4.69) is 9.98 Å². The Morgan fingerprint density at radius 1 is 0.656 bits per heavy atom. The first kappa shape index (κ1) is 22.6. The van der Waals surface area contributed by atoms with Crippen molar-refractivity contribution in [2.75, 3.05) is 13.2 Å². The molecule has 0 N–H and O–H groups in total. The van der Waals surface area contributed by atoms with Crippen LogP contribution in [0.3, 0.4) is 0 Å². The molecule has 6 heteroatoms. The van der Waals surface area contributed by atoms with E-state index >= 15 is 0 Å². The van der Waals surface area contributed by atoms with Crippen LogP contribution in [-0.4, -0.2) is 37.6 Å². The molecule has 0 radical (unpaired) electrons. The van der Waals surface area contributed by atoms with Crippen LogP contribution in [0.15, 0.2) is 82.8 Å². The van der Waals surface area contributed by atoms with Gasteiger partial charge in [0, 0.05) is 23.6 Å². The van der Waals surface area contributed by atoms with Gasteiger partial charge < -0.3 is 9.47 Å². The van der Waals surface area contributed by atoms with Gasteiger partial charge in [0.15, 0.2) is 0 Å². The number of benzene rings is 3. The van der Waals surface area contributed by atoms with Gasteiger partial charge >= 0.3 is 11.9 Å². The van der Waals surface area contributed by atoms with E-state index < -0.39 is 0 Å². The zero-order valence-electron chi connectivity index (χ0n) is 18.0. The lowest BCUT2D eigenvalue weighted by Crippen LogP contribution is -2.03. The third kappa shape index (κ3) is 6.22. The molecule has 0 heterocycles. The summed E-state index contributed by atoms with van der Waals surface area (Å²) < 4.78 is 9.98. The average Bonchev–Trinajstić information content (AvgIpc) is 2.83. The molecular weight excluding hydrogens is 404 g/mol. The minimum Gasteiger partial charge on any atom is -0.462 e. The molecule has 0 atom stereocenters. The average molecular weight is 428 g/mol. The van der Waals surface area contributed by atoms with Gasteiger partial charge in [0.05, 0.1) is 35.7 Å². The Kier molecular flexibility index (Phi) is 8.03. The summed E-state index contributed by atoms with van der Waals surface area (Å²) in [6.45, 7) is 4.23. The molecule has 0 saturated heterocycles. The number of esters is 2. The Morgan fingerprint density at radius 3 is 1.38 bits per heavy atom. The fourth-order valence-electron chi connectivity index (χ4n) is 2.83. The number of nitrogens with zero attached hydrogens (tertiary/aromatic N) is 2. The lowest BCUT2D eigenvalue weighted by molar-refractivity contribution is 0.0517. The lowest BCUT2D eigenvalue weighted by atomic mass is 10.1. The third-order valence-corrected chi connectivity index (χ3v) is 4.46. The van der Waals surface area contributed by atoms with E-state index in [-0.39, 0.29) is 11.9 Å². The molecule has 0 spiro atoms. The van der Waals surface area contributed by atoms with Gasteiger partial charge in [-0.1, -0.05) is 24.3 Å². The second-order valence-electron chi connectivity index (χ2n) is 6.68. The summed E-state index contributed by atoms with van der Waals surface area (Å²) in [7, 11) is 0. The quantitative estimate of drug-likeness (QED) is 0.349. The fraction of sp³-hybridized carbons (Fsp3) is 0.154. The minimum absolute atomic E-state index is 0.340. The Balaban J connectivity index is 1.72. The van der Waals surface area contributed by atoms with Crippen molar-refractivity contribution in [3.8, 4) is 0 Å². The molecule has 162 valence electrons. The zero-order chi connectivity index (χ0) is 22.8. The van der Waals surface area contributed by atoms with Crippen LogP contribution < -0.4 is 0 Å². The van der Waals surface area contributed by atoms with E-state index in [1.165, 1.54) is 0 Å². The highest BCUT2D eigenvalue weighted by atomic mass is 16.5. The predicted octanol–water partition coefficient (Wildman–Crippen LogP) is 5.54. The molecule has 0 fully saturated rings. The molecule has 0 aromatic heterocycles. The van der Waals surface area contributed by atoms with E-state index in [1.54, 1.807) is 74.8 Å². The number of rotatable bonds is 8. The van der Waals surface area contributed by atoms with Crippen LogP contribution in [-0.2, 0) is 9.47 Å². The highest BCUT2D eigenvalue weighted by Gasteiger charge is 2.06. The van der Waals surface area contributed by atoms with Crippen molar-refractivity contribution in [3.05, 3.63) is 95.1 Å². The number of aliphatic imine (C=N–C) groups is 2. The summed E-state index contributed by atoms with van der Waals surface area (Å²) in [5.74, 6) is -0.695. The zero-order valence-corrected chi connectivity index (χ0v) is 18.0. The van der Waals surface area contributed by atoms with E-state index in [1.807, 2.05) is 24.3 Å². The standard InChI is InChI=1S/C26H24N2O4/c1-3-31-25(29)19-9-13-23(14-10-19)27-17-21-7-5-6-8-22(21)18-28-24-15-11-20(12-16-24)26(30)32-4-2/h5-18H,3-4H2,1-2H3. The Labute approximate surface area is 187 Å². The molecule has 6 nitrogen and oxygen atoms in total. The highest BCUT2D eigenvalue weighted by Crippen LogP contribution is 2.17. The molecule has 0 aliphatic rings. The molecule has 0 aliphatic heterocycles. The maximum Gasteiger partial charge on any atom is 0.338 e. The summed E-state index contributed by atoms with van der Waals surface area (Å²) in [5, 5.41) is 0. The Bertz CT molecular complexity index is 1030. The second-order valence-corrected chi connectivity index (χ2v) is 6.68. The van der Waals surface area contributed by atoms with Crippen molar-refractivity contribution < 1.29 is 19.1 Å². The van der Waals surface area contributed by atoms with Crippen molar-refractivity contribution in [3.63, 3.8) is 0 Å². The molecule has 3 aromatic carbocycles. The molecule has 0 unspecified atom stereocenters. The predicted molar refractivity (Wildman–Crippen MR) is 126 cm³/mol. The second kappa shape index (κ2) is 11.4. The van der Waals surface area contributed by atoms with Gasteiger partial charge in [0.2, 0.25) is 0 Å². The van der Waals surface area contributed by atoms with Crippen molar-refractivity contribution in [2.24, 2.45) is 9.98 Å². The van der Waals surface area contributed by atoms with Crippen LogP contribution in [0.25, 0.3) is 0 Å². The van der Waals surface area contributed by atoms with Gasteiger partial charge in [0.25, 0.3) is 0 Å². The maximum absolute atomic E-state index is 11.8. The summed E-state index contributed by atoms with van der Waals surface area (Å²) in [4.78, 5) is 32.5. The molecular formula is C26H24N2O4. The first-order chi connectivity index (χ1) is 15.6. The van der Waals surface area contributed by atoms with Gasteiger partial charge in [-0.25, -0.2) is 9.59 Å². The van der Waals surface area contributed by atoms with Crippen molar-refractivity contribution >= 4 is 35.7 Å². The Morgan fingerprint density at radius 2 is 1.03 bits per heavy atom. The van der Waals surface area contributed by atoms with Gasteiger partial charge in [-0.15, -0.1) is 0 Å². The summed E-state index contributed by atoms with van der Waals surface area (Å²) in [5.41, 5.74) is 4.22.